The quantitative estimate of drug-likeness (QED) is 0.445. The monoisotopic (exact) mass is 207 g/mol. The van der Waals surface area contributed by atoms with Gasteiger partial charge in [-0.25, -0.2) is 0 Å². The molecule has 0 amide bonds. The van der Waals surface area contributed by atoms with E-state index in [1.54, 1.807) is 6.07 Å². The number of benzene rings is 1. The smallest absolute Gasteiger partial charge is 0.117 e. The molecule has 0 aliphatic carbocycles. The lowest BCUT2D eigenvalue weighted by Gasteiger charge is -2.11. The Labute approximate surface area is 86.1 Å². The Morgan fingerprint density at radius 1 is 1.29 bits per heavy atom. The van der Waals surface area contributed by atoms with Gasteiger partial charge in [-0.1, -0.05) is 37.5 Å². The van der Waals surface area contributed by atoms with Gasteiger partial charge in [0.1, 0.15) is 5.76 Å². The van der Waals surface area contributed by atoms with Gasteiger partial charge in [0.05, 0.1) is 8.07 Å². The van der Waals surface area contributed by atoms with Crippen LogP contribution < -0.4 is 5.73 Å². The number of hydrogen-bond donors (Lipinski definition) is 2. The van der Waals surface area contributed by atoms with Gasteiger partial charge in [0, 0.05) is 11.3 Å². The Morgan fingerprint density at radius 2 is 1.86 bits per heavy atom. The molecule has 0 heterocycles. The summed E-state index contributed by atoms with van der Waals surface area (Å²) in [5, 5.41) is 9.85. The zero-order valence-corrected chi connectivity index (χ0v) is 9.91. The lowest BCUT2D eigenvalue weighted by atomic mass is 10.1. The maximum absolute atomic E-state index is 9.85. The average Bonchev–Trinajstić information content (AvgIpc) is 2.01. The summed E-state index contributed by atoms with van der Waals surface area (Å²) in [6.45, 7) is 6.51. The van der Waals surface area contributed by atoms with Gasteiger partial charge < -0.3 is 10.8 Å². The number of hydrogen-bond acceptors (Lipinski definition) is 2. The summed E-state index contributed by atoms with van der Waals surface area (Å²) in [5.74, 6) is 0.308. The van der Waals surface area contributed by atoms with E-state index in [-0.39, 0.29) is 0 Å². The fourth-order valence-electron chi connectivity index (χ4n) is 1.22. The average molecular weight is 207 g/mol. The van der Waals surface area contributed by atoms with Crippen LogP contribution in [0.3, 0.4) is 0 Å². The molecule has 0 fully saturated rings. The number of aliphatic hydroxyl groups excluding tert-OH is 1. The molecule has 0 bridgehead atoms. The van der Waals surface area contributed by atoms with Gasteiger partial charge >= 0.3 is 0 Å². The highest BCUT2D eigenvalue weighted by Crippen LogP contribution is 2.20. The van der Waals surface area contributed by atoms with E-state index in [1.807, 2.05) is 23.9 Å². The normalized spacial score (nSPS) is 12.9. The van der Waals surface area contributed by atoms with Crippen LogP contribution in [-0.2, 0) is 0 Å². The second-order valence-electron chi connectivity index (χ2n) is 4.48. The second kappa shape index (κ2) is 3.88. The largest absolute Gasteiger partial charge is 0.508 e. The van der Waals surface area contributed by atoms with E-state index in [4.69, 9.17) is 5.73 Å². The van der Waals surface area contributed by atoms with E-state index in [1.165, 1.54) is 0 Å². The molecule has 76 valence electrons. The minimum Gasteiger partial charge on any atom is -0.508 e. The van der Waals surface area contributed by atoms with Crippen molar-refractivity contribution in [1.29, 1.82) is 0 Å². The maximum Gasteiger partial charge on any atom is 0.117 e. The highest BCUT2D eigenvalue weighted by Gasteiger charge is 2.12. The molecule has 3 heteroatoms. The minimum absolute atomic E-state index is 0.308. The third kappa shape index (κ3) is 2.92. The van der Waals surface area contributed by atoms with Gasteiger partial charge in [-0.3, -0.25) is 0 Å². The molecule has 14 heavy (non-hydrogen) atoms. The third-order valence-corrected chi connectivity index (χ3v) is 2.95. The van der Waals surface area contributed by atoms with Crippen LogP contribution >= 0.6 is 0 Å². The van der Waals surface area contributed by atoms with Crippen molar-refractivity contribution in [3.63, 3.8) is 0 Å². The van der Waals surface area contributed by atoms with Crippen molar-refractivity contribution in [3.8, 4) is 0 Å². The topological polar surface area (TPSA) is 46.2 Å². The van der Waals surface area contributed by atoms with E-state index in [2.05, 4.69) is 19.6 Å². The zero-order chi connectivity index (χ0) is 10.8. The van der Waals surface area contributed by atoms with Crippen molar-refractivity contribution in [2.75, 3.05) is 5.73 Å². The van der Waals surface area contributed by atoms with Crippen molar-refractivity contribution < 1.29 is 5.11 Å². The molecule has 0 aliphatic heterocycles. The molecule has 3 N–H and O–H groups in total. The Bertz CT molecular complexity index is 353. The van der Waals surface area contributed by atoms with Crippen LogP contribution in [0.2, 0.25) is 19.6 Å². The zero-order valence-electron chi connectivity index (χ0n) is 8.91. The molecule has 0 atom stereocenters. The maximum atomic E-state index is 9.85. The minimum atomic E-state index is -1.39. The van der Waals surface area contributed by atoms with Crippen molar-refractivity contribution in [3.05, 3.63) is 35.5 Å². The van der Waals surface area contributed by atoms with Crippen LogP contribution in [0, 0.1) is 0 Å². The number of para-hydroxylation sites is 1. The van der Waals surface area contributed by atoms with Crippen LogP contribution in [-0.4, -0.2) is 13.2 Å². The van der Waals surface area contributed by atoms with Gasteiger partial charge in [0.15, 0.2) is 0 Å². The highest BCUT2D eigenvalue weighted by molar-refractivity contribution is 6.81. The molecule has 1 aromatic carbocycles. The number of anilines is 1. The lowest BCUT2D eigenvalue weighted by molar-refractivity contribution is 0.513. The van der Waals surface area contributed by atoms with E-state index < -0.39 is 8.07 Å². The number of nitrogen functional groups attached to an aromatic ring is 1. The van der Waals surface area contributed by atoms with Crippen LogP contribution in [0.1, 0.15) is 5.56 Å². The molecule has 1 rings (SSSR count). The molecular formula is C11H17NOSi. The predicted molar refractivity (Wildman–Crippen MR) is 64.8 cm³/mol. The van der Waals surface area contributed by atoms with Crippen molar-refractivity contribution in [2.45, 2.75) is 19.6 Å². The highest BCUT2D eigenvalue weighted by atomic mass is 28.3. The molecule has 1 aromatic rings. The SMILES string of the molecule is C[Si](C)(C)/C=C(\O)c1ccccc1N. The van der Waals surface area contributed by atoms with E-state index in [0.29, 0.717) is 11.4 Å². The van der Waals surface area contributed by atoms with E-state index in [0.717, 1.165) is 5.56 Å². The summed E-state index contributed by atoms with van der Waals surface area (Å²) in [7, 11) is -1.39. The third-order valence-electron chi connectivity index (χ3n) is 1.81. The molecule has 0 saturated carbocycles. The van der Waals surface area contributed by atoms with Crippen LogP contribution in [0.4, 0.5) is 5.69 Å². The Hall–Kier alpha value is -1.22. The van der Waals surface area contributed by atoms with Crippen LogP contribution in [0.25, 0.3) is 5.76 Å². The Kier molecular flexibility index (Phi) is 3.01. The molecular weight excluding hydrogens is 190 g/mol. The standard InChI is InChI=1S/C11H17NOSi/c1-14(2,3)8-11(13)9-6-4-5-7-10(9)12/h4-8,13H,12H2,1-3H3/b11-8-. The number of rotatable bonds is 2. The van der Waals surface area contributed by atoms with Gasteiger partial charge in [-0.05, 0) is 12.1 Å². The summed E-state index contributed by atoms with van der Waals surface area (Å²) in [6, 6.07) is 7.37. The summed E-state index contributed by atoms with van der Waals surface area (Å²) in [4.78, 5) is 0. The predicted octanol–water partition coefficient (Wildman–Crippen LogP) is 3.05. The first kappa shape index (κ1) is 10.9. The number of nitrogens with two attached hydrogens (primary N) is 1. The van der Waals surface area contributed by atoms with Gasteiger partial charge in [0.2, 0.25) is 0 Å². The summed E-state index contributed by atoms with van der Waals surface area (Å²) in [6.07, 6.45) is 0. The first-order chi connectivity index (χ1) is 6.40. The summed E-state index contributed by atoms with van der Waals surface area (Å²) >= 11 is 0. The van der Waals surface area contributed by atoms with Gasteiger partial charge in [-0.2, -0.15) is 0 Å². The van der Waals surface area contributed by atoms with Crippen molar-refractivity contribution >= 4 is 19.5 Å². The molecule has 0 unspecified atom stereocenters. The summed E-state index contributed by atoms with van der Waals surface area (Å²) < 4.78 is 0. The van der Waals surface area contributed by atoms with E-state index in [9.17, 15) is 5.11 Å². The molecule has 2 nitrogen and oxygen atoms in total. The van der Waals surface area contributed by atoms with E-state index >= 15 is 0 Å². The fraction of sp³-hybridized carbons (Fsp3) is 0.273. The molecule has 0 aromatic heterocycles. The molecule has 0 radical (unpaired) electrons. The van der Waals surface area contributed by atoms with Gasteiger partial charge in [0.25, 0.3) is 0 Å². The lowest BCUT2D eigenvalue weighted by Crippen LogP contribution is -2.16. The second-order valence-corrected chi connectivity index (χ2v) is 9.50. The first-order valence-electron chi connectivity index (χ1n) is 4.67. The first-order valence-corrected chi connectivity index (χ1v) is 8.24. The van der Waals surface area contributed by atoms with Crippen molar-refractivity contribution in [1.82, 2.24) is 0 Å². The van der Waals surface area contributed by atoms with Gasteiger partial charge in [-0.15, -0.1) is 0 Å². The molecule has 0 spiro atoms. The molecule has 0 saturated heterocycles. The van der Waals surface area contributed by atoms with Crippen LogP contribution in [0.5, 0.6) is 0 Å². The Morgan fingerprint density at radius 3 is 2.36 bits per heavy atom. The molecule has 0 aliphatic rings. The summed E-state index contributed by atoms with van der Waals surface area (Å²) in [5.41, 5.74) is 9.05. The van der Waals surface area contributed by atoms with Crippen LogP contribution in [0.15, 0.2) is 30.0 Å². The number of aliphatic hydroxyl groups is 1. The Balaban J connectivity index is 3.07. The van der Waals surface area contributed by atoms with Crippen molar-refractivity contribution in [2.24, 2.45) is 0 Å². The fourth-order valence-corrected chi connectivity index (χ4v) is 2.19.